The Balaban J connectivity index is 0.000000615. The molecule has 0 bridgehead atoms. The molecule has 0 fully saturated rings. The molecule has 0 N–H and O–H groups in total. The third-order valence-corrected chi connectivity index (χ3v) is 5.92. The zero-order chi connectivity index (χ0) is 15.6. The molecule has 0 aromatic heterocycles. The molecule has 3 aromatic carbocycles. The van der Waals surface area contributed by atoms with Gasteiger partial charge in [0, 0.05) is 17.1 Å². The fourth-order valence-corrected chi connectivity index (χ4v) is 4.89. The summed E-state index contributed by atoms with van der Waals surface area (Å²) in [6.07, 6.45) is 1.50. The molecule has 1 nitrogen and oxygen atoms in total. The zero-order valence-electron chi connectivity index (χ0n) is 12.9. The van der Waals surface area contributed by atoms with Gasteiger partial charge >= 0.3 is 0 Å². The van der Waals surface area contributed by atoms with E-state index in [-0.39, 0.29) is 17.1 Å². The van der Waals surface area contributed by atoms with Crippen molar-refractivity contribution in [3.8, 4) is 0 Å². The van der Waals surface area contributed by atoms with Gasteiger partial charge in [-0.2, -0.15) is 6.92 Å². The van der Waals surface area contributed by atoms with Crippen LogP contribution in [0.1, 0.15) is 6.92 Å². The molecule has 0 aliphatic carbocycles. The summed E-state index contributed by atoms with van der Waals surface area (Å²) in [5.74, 6) is 0. The van der Waals surface area contributed by atoms with Gasteiger partial charge in [0.2, 0.25) is 0 Å². The van der Waals surface area contributed by atoms with Crippen LogP contribution >= 0.6 is 7.92 Å². The van der Waals surface area contributed by atoms with Crippen molar-refractivity contribution in [2.45, 2.75) is 6.92 Å². The fraction of sp³-hybridized carbons (Fsp3) is 0.0500. The topological polar surface area (TPSA) is 17.1 Å². The summed E-state index contributed by atoms with van der Waals surface area (Å²) in [4.78, 5) is 8.68. The molecule has 0 aliphatic rings. The number of hydrogen-bond acceptors (Lipinski definition) is 1. The van der Waals surface area contributed by atoms with E-state index >= 15 is 0 Å². The summed E-state index contributed by atoms with van der Waals surface area (Å²) in [7, 11) is -0.877. The summed E-state index contributed by atoms with van der Waals surface area (Å²) in [5, 5.41) is 4.31. The Kier molecular flexibility index (Phi) is 9.17. The second kappa shape index (κ2) is 10.9. The van der Waals surface area contributed by atoms with E-state index < -0.39 is 7.92 Å². The van der Waals surface area contributed by atoms with E-state index in [1.165, 1.54) is 29.1 Å². The Hall–Kier alpha value is -1.72. The second-order valence-corrected chi connectivity index (χ2v) is 7.16. The molecular weight excluding hydrogens is 343 g/mol. The van der Waals surface area contributed by atoms with Gasteiger partial charge in [0.25, 0.3) is 0 Å². The Morgan fingerprint density at radius 1 is 0.609 bits per heavy atom. The summed E-state index contributed by atoms with van der Waals surface area (Å²) in [6.45, 7) is 1.32. The number of rotatable bonds is 3. The van der Waals surface area contributed by atoms with Gasteiger partial charge in [-0.05, 0) is 36.4 Å². The maximum absolute atomic E-state index is 8.68. The van der Waals surface area contributed by atoms with Crippen molar-refractivity contribution in [3.63, 3.8) is 0 Å². The van der Waals surface area contributed by atoms with Gasteiger partial charge in [-0.1, -0.05) is 54.6 Å². The van der Waals surface area contributed by atoms with Crippen LogP contribution in [0.2, 0.25) is 0 Å². The average molecular weight is 362 g/mol. The molecule has 118 valence electrons. The van der Waals surface area contributed by atoms with Crippen molar-refractivity contribution in [1.82, 2.24) is 0 Å². The molecule has 0 unspecified atom stereocenters. The van der Waals surface area contributed by atoms with Crippen LogP contribution < -0.4 is 15.9 Å². The van der Waals surface area contributed by atoms with Crippen LogP contribution in [0.3, 0.4) is 0 Å². The van der Waals surface area contributed by atoms with Crippen molar-refractivity contribution < 1.29 is 21.9 Å². The predicted octanol–water partition coefficient (Wildman–Crippen LogP) is 3.29. The monoisotopic (exact) mass is 362 g/mol. The van der Waals surface area contributed by atoms with Crippen LogP contribution in [-0.4, -0.2) is 6.29 Å². The summed E-state index contributed by atoms with van der Waals surface area (Å²) < 4.78 is 0. The average Bonchev–Trinajstić information content (AvgIpc) is 2.59. The van der Waals surface area contributed by atoms with Crippen LogP contribution in [-0.2, 0) is 21.9 Å². The molecule has 0 heterocycles. The van der Waals surface area contributed by atoms with Crippen LogP contribution in [0.5, 0.6) is 0 Å². The quantitative estimate of drug-likeness (QED) is 0.397. The number of benzene rings is 3. The van der Waals surface area contributed by atoms with E-state index in [4.69, 9.17) is 4.79 Å². The molecular formula is C20H19FeOP. The van der Waals surface area contributed by atoms with Crippen LogP contribution in [0.25, 0.3) is 0 Å². The van der Waals surface area contributed by atoms with Crippen LogP contribution in [0.4, 0.5) is 0 Å². The molecule has 3 rings (SSSR count). The molecule has 23 heavy (non-hydrogen) atoms. The van der Waals surface area contributed by atoms with Crippen molar-refractivity contribution in [2.75, 3.05) is 0 Å². The van der Waals surface area contributed by atoms with Gasteiger partial charge in [-0.3, -0.25) is 6.29 Å². The summed E-state index contributed by atoms with van der Waals surface area (Å²) in [6, 6.07) is 32.5. The first kappa shape index (κ1) is 19.3. The van der Waals surface area contributed by atoms with Crippen molar-refractivity contribution >= 4 is 30.1 Å². The molecule has 0 radical (unpaired) electrons. The standard InChI is InChI=1S/C18H15P.C2H3O.Fe/c1-4-10-16(11-5-1)19(17-12-6-2-7-13-17)18-14-8-3-9-15-18;1-2-3;/h1-15H;1H3;/q;-1;/p+1. The first-order valence-electron chi connectivity index (χ1n) is 7.19. The third kappa shape index (κ3) is 5.77. The second-order valence-electron chi connectivity index (χ2n) is 4.68. The third-order valence-electron chi connectivity index (χ3n) is 3.19. The van der Waals surface area contributed by atoms with Crippen LogP contribution in [0, 0.1) is 0 Å². The van der Waals surface area contributed by atoms with E-state index in [2.05, 4.69) is 91.0 Å². The van der Waals surface area contributed by atoms with E-state index in [9.17, 15) is 0 Å². The Bertz CT molecular complexity index is 578. The fourth-order valence-electron chi connectivity index (χ4n) is 2.31. The van der Waals surface area contributed by atoms with Gasteiger partial charge in [-0.15, -0.1) is 0 Å². The first-order valence-corrected chi connectivity index (χ1v) is 8.69. The van der Waals surface area contributed by atoms with Crippen molar-refractivity contribution in [3.05, 3.63) is 91.0 Å². The molecule has 0 saturated heterocycles. The van der Waals surface area contributed by atoms with E-state index in [0.29, 0.717) is 0 Å². The Labute approximate surface area is 150 Å². The molecule has 0 aliphatic heterocycles. The molecule has 3 aromatic rings. The van der Waals surface area contributed by atoms with E-state index in [1.54, 1.807) is 0 Å². The Morgan fingerprint density at radius 2 is 0.826 bits per heavy atom. The van der Waals surface area contributed by atoms with Gasteiger partial charge in [-0.25, -0.2) is 0 Å². The van der Waals surface area contributed by atoms with E-state index in [1.807, 2.05) is 0 Å². The normalized spacial score (nSPS) is 9.30. The van der Waals surface area contributed by atoms with Crippen molar-refractivity contribution in [1.29, 1.82) is 0 Å². The Morgan fingerprint density at radius 3 is 1.04 bits per heavy atom. The maximum Gasteiger partial charge on any atom is 0.102 e. The summed E-state index contributed by atoms with van der Waals surface area (Å²) in [5.41, 5.74) is 0. The first-order chi connectivity index (χ1) is 10.9. The van der Waals surface area contributed by atoms with Crippen LogP contribution in [0.15, 0.2) is 91.0 Å². The summed E-state index contributed by atoms with van der Waals surface area (Å²) >= 11 is 0. The molecule has 3 heteroatoms. The smallest absolute Gasteiger partial charge is 0.102 e. The molecule has 0 spiro atoms. The maximum atomic E-state index is 8.68. The van der Waals surface area contributed by atoms with Gasteiger partial charge in [0.1, 0.15) is 15.9 Å². The van der Waals surface area contributed by atoms with Gasteiger partial charge in [0.05, 0.1) is 7.92 Å². The largest absolute Gasteiger partial charge is 0.542 e. The number of carbonyl (C=O) groups excluding carboxylic acids is 1. The molecule has 0 atom stereocenters. The van der Waals surface area contributed by atoms with Crippen molar-refractivity contribution in [2.24, 2.45) is 0 Å². The van der Waals surface area contributed by atoms with Gasteiger partial charge in [0.15, 0.2) is 0 Å². The predicted molar refractivity (Wildman–Crippen MR) is 97.9 cm³/mol. The number of hydrogen-bond donors (Lipinski definition) is 0. The SMILES string of the molecule is C[C-]=O.[Fe].c1ccc([PH+](c2ccccc2)c2ccccc2)cc1. The minimum atomic E-state index is -0.877. The molecule has 0 amide bonds. The minimum absolute atomic E-state index is 0. The minimum Gasteiger partial charge on any atom is -0.542 e. The van der Waals surface area contributed by atoms with E-state index in [0.717, 1.165) is 0 Å². The zero-order valence-corrected chi connectivity index (χ0v) is 15.0. The van der Waals surface area contributed by atoms with Gasteiger partial charge < -0.3 is 4.79 Å². The molecule has 0 saturated carbocycles.